The van der Waals surface area contributed by atoms with E-state index in [1.54, 1.807) is 6.26 Å². The van der Waals surface area contributed by atoms with Crippen molar-refractivity contribution in [1.82, 2.24) is 0 Å². The number of hydrogen-bond donors (Lipinski definition) is 1. The number of nitrogens with two attached hydrogens (primary N) is 1. The SMILES string of the molecule is Cc1coc2c(C)c3oc(=O)c(COCCN)c(C)c3cc12. The van der Waals surface area contributed by atoms with Crippen LogP contribution in [0.3, 0.4) is 0 Å². The number of fused-ring (bicyclic) bond motifs is 2. The Morgan fingerprint density at radius 2 is 1.91 bits per heavy atom. The summed E-state index contributed by atoms with van der Waals surface area (Å²) in [6, 6.07) is 2.02. The Hall–Kier alpha value is -2.11. The largest absolute Gasteiger partial charge is 0.464 e. The van der Waals surface area contributed by atoms with Crippen LogP contribution in [0.2, 0.25) is 0 Å². The van der Waals surface area contributed by atoms with Crippen LogP contribution in [0.15, 0.2) is 26.0 Å². The van der Waals surface area contributed by atoms with Crippen molar-refractivity contribution < 1.29 is 13.6 Å². The first-order valence-electron chi connectivity index (χ1n) is 7.26. The molecule has 0 unspecified atom stereocenters. The number of benzene rings is 1. The van der Waals surface area contributed by atoms with E-state index in [0.29, 0.717) is 24.3 Å². The average Bonchev–Trinajstić information content (AvgIpc) is 2.86. The Kier molecular flexibility index (Phi) is 3.76. The van der Waals surface area contributed by atoms with E-state index in [9.17, 15) is 4.79 Å². The Balaban J connectivity index is 2.27. The van der Waals surface area contributed by atoms with E-state index in [4.69, 9.17) is 19.3 Å². The minimum absolute atomic E-state index is 0.211. The third kappa shape index (κ3) is 2.23. The van der Waals surface area contributed by atoms with E-state index in [2.05, 4.69) is 0 Å². The van der Waals surface area contributed by atoms with Crippen molar-refractivity contribution in [2.45, 2.75) is 27.4 Å². The average molecular weight is 301 g/mol. The molecule has 2 aromatic heterocycles. The van der Waals surface area contributed by atoms with Gasteiger partial charge >= 0.3 is 5.63 Å². The van der Waals surface area contributed by atoms with E-state index < -0.39 is 0 Å². The van der Waals surface area contributed by atoms with Gasteiger partial charge in [-0.15, -0.1) is 0 Å². The van der Waals surface area contributed by atoms with Crippen LogP contribution in [0, 0.1) is 20.8 Å². The third-order valence-corrected chi connectivity index (χ3v) is 4.04. The lowest BCUT2D eigenvalue weighted by molar-refractivity contribution is 0.125. The first-order valence-corrected chi connectivity index (χ1v) is 7.26. The van der Waals surface area contributed by atoms with Crippen LogP contribution in [0.25, 0.3) is 21.9 Å². The number of rotatable bonds is 4. The molecule has 0 saturated carbocycles. The van der Waals surface area contributed by atoms with E-state index in [-0.39, 0.29) is 12.2 Å². The van der Waals surface area contributed by atoms with E-state index in [1.807, 2.05) is 26.8 Å². The van der Waals surface area contributed by atoms with Crippen LogP contribution in [0.5, 0.6) is 0 Å². The summed E-state index contributed by atoms with van der Waals surface area (Å²) < 4.78 is 16.5. The van der Waals surface area contributed by atoms with Crippen molar-refractivity contribution in [3.05, 3.63) is 45.0 Å². The molecule has 0 aliphatic heterocycles. The van der Waals surface area contributed by atoms with Gasteiger partial charge in [0.25, 0.3) is 0 Å². The van der Waals surface area contributed by atoms with Crippen molar-refractivity contribution in [1.29, 1.82) is 0 Å². The monoisotopic (exact) mass is 301 g/mol. The molecule has 116 valence electrons. The smallest absolute Gasteiger partial charge is 0.342 e. The zero-order chi connectivity index (χ0) is 15.9. The predicted molar refractivity (Wildman–Crippen MR) is 85.2 cm³/mol. The quantitative estimate of drug-likeness (QED) is 0.592. The van der Waals surface area contributed by atoms with Crippen LogP contribution >= 0.6 is 0 Å². The highest BCUT2D eigenvalue weighted by molar-refractivity contribution is 5.99. The van der Waals surface area contributed by atoms with Crippen molar-refractivity contribution in [2.24, 2.45) is 5.73 Å². The maximum absolute atomic E-state index is 12.2. The van der Waals surface area contributed by atoms with E-state index in [1.165, 1.54) is 0 Å². The van der Waals surface area contributed by atoms with Gasteiger partial charge in [-0.1, -0.05) is 0 Å². The van der Waals surface area contributed by atoms with Crippen molar-refractivity contribution in [3.63, 3.8) is 0 Å². The lowest BCUT2D eigenvalue weighted by Crippen LogP contribution is -2.15. The summed E-state index contributed by atoms with van der Waals surface area (Å²) in [4.78, 5) is 12.2. The number of furan rings is 1. The minimum atomic E-state index is -0.368. The summed E-state index contributed by atoms with van der Waals surface area (Å²) in [6.07, 6.45) is 1.72. The van der Waals surface area contributed by atoms with Crippen LogP contribution in [0.4, 0.5) is 0 Å². The molecule has 0 bridgehead atoms. The Bertz CT molecular complexity index is 905. The molecule has 3 rings (SSSR count). The molecule has 0 aliphatic carbocycles. The van der Waals surface area contributed by atoms with Crippen LogP contribution in [0.1, 0.15) is 22.3 Å². The number of aryl methyl sites for hydroxylation is 3. The van der Waals surface area contributed by atoms with Crippen LogP contribution < -0.4 is 11.4 Å². The molecular formula is C17H19NO4. The third-order valence-electron chi connectivity index (χ3n) is 4.04. The lowest BCUT2D eigenvalue weighted by Gasteiger charge is -2.10. The highest BCUT2D eigenvalue weighted by Gasteiger charge is 2.17. The Morgan fingerprint density at radius 3 is 2.64 bits per heavy atom. The van der Waals surface area contributed by atoms with Crippen molar-refractivity contribution >= 4 is 21.9 Å². The molecule has 0 atom stereocenters. The second-order valence-corrected chi connectivity index (χ2v) is 5.51. The highest BCUT2D eigenvalue weighted by atomic mass is 16.5. The molecule has 2 heterocycles. The molecule has 22 heavy (non-hydrogen) atoms. The Labute approximate surface area is 127 Å². The van der Waals surface area contributed by atoms with Gasteiger partial charge in [-0.3, -0.25) is 0 Å². The summed E-state index contributed by atoms with van der Waals surface area (Å²) >= 11 is 0. The van der Waals surface area contributed by atoms with Crippen molar-refractivity contribution in [2.75, 3.05) is 13.2 Å². The fraction of sp³-hybridized carbons (Fsp3) is 0.353. The maximum atomic E-state index is 12.2. The molecular weight excluding hydrogens is 282 g/mol. The highest BCUT2D eigenvalue weighted by Crippen LogP contribution is 2.32. The van der Waals surface area contributed by atoms with Crippen LogP contribution in [-0.2, 0) is 11.3 Å². The summed E-state index contributed by atoms with van der Waals surface area (Å²) in [7, 11) is 0. The van der Waals surface area contributed by atoms with Gasteiger partial charge < -0.3 is 19.3 Å². The topological polar surface area (TPSA) is 78.6 Å². The molecule has 2 N–H and O–H groups in total. The molecule has 3 aromatic rings. The van der Waals surface area contributed by atoms with Gasteiger partial charge in [0.15, 0.2) is 0 Å². The zero-order valence-corrected chi connectivity index (χ0v) is 13.0. The standard InChI is InChI=1S/C17H19NO4/c1-9-7-21-15-11(3)16-13(6-12(9)15)10(2)14(17(19)22-16)8-20-5-4-18/h6-7H,4-5,8,18H2,1-3H3. The summed E-state index contributed by atoms with van der Waals surface area (Å²) in [5.41, 5.74) is 9.71. The second kappa shape index (κ2) is 5.59. The first-order chi connectivity index (χ1) is 10.5. The lowest BCUT2D eigenvalue weighted by atomic mass is 10.0. The summed E-state index contributed by atoms with van der Waals surface area (Å²) in [6.45, 7) is 6.86. The van der Waals surface area contributed by atoms with Gasteiger partial charge in [0.1, 0.15) is 11.2 Å². The van der Waals surface area contributed by atoms with Gasteiger partial charge in [-0.2, -0.15) is 0 Å². The zero-order valence-electron chi connectivity index (χ0n) is 13.0. The molecule has 5 heteroatoms. The molecule has 0 saturated heterocycles. The fourth-order valence-corrected chi connectivity index (χ4v) is 2.74. The summed E-state index contributed by atoms with van der Waals surface area (Å²) in [5, 5.41) is 1.95. The predicted octanol–water partition coefficient (Wildman–Crippen LogP) is 2.94. The number of hydrogen-bond acceptors (Lipinski definition) is 5. The van der Waals surface area contributed by atoms with E-state index >= 15 is 0 Å². The van der Waals surface area contributed by atoms with Crippen LogP contribution in [-0.4, -0.2) is 13.2 Å². The van der Waals surface area contributed by atoms with Gasteiger partial charge in [-0.05, 0) is 38.0 Å². The minimum Gasteiger partial charge on any atom is -0.464 e. The molecule has 0 radical (unpaired) electrons. The second-order valence-electron chi connectivity index (χ2n) is 5.51. The fourth-order valence-electron chi connectivity index (χ4n) is 2.74. The number of ether oxygens (including phenoxy) is 1. The van der Waals surface area contributed by atoms with Gasteiger partial charge in [0.05, 0.1) is 25.0 Å². The Morgan fingerprint density at radius 1 is 1.14 bits per heavy atom. The van der Waals surface area contributed by atoms with Gasteiger partial charge in [-0.25, -0.2) is 4.79 Å². The van der Waals surface area contributed by atoms with Crippen molar-refractivity contribution in [3.8, 4) is 0 Å². The molecule has 0 amide bonds. The normalized spacial score (nSPS) is 11.6. The summed E-state index contributed by atoms with van der Waals surface area (Å²) in [5.74, 6) is 0. The van der Waals surface area contributed by atoms with Gasteiger partial charge in [0, 0.05) is 22.9 Å². The van der Waals surface area contributed by atoms with Gasteiger partial charge in [0.2, 0.25) is 0 Å². The molecule has 1 aromatic carbocycles. The molecule has 0 spiro atoms. The first kappa shape index (κ1) is 14.8. The molecule has 0 fully saturated rings. The molecule has 5 nitrogen and oxygen atoms in total. The molecule has 0 aliphatic rings. The maximum Gasteiger partial charge on any atom is 0.342 e. The van der Waals surface area contributed by atoms with E-state index in [0.717, 1.165) is 33.0 Å².